The fourth-order valence-electron chi connectivity index (χ4n) is 3.16. The number of anilines is 1. The zero-order valence-electron chi connectivity index (χ0n) is 14.2. The second-order valence-electron chi connectivity index (χ2n) is 6.53. The zero-order chi connectivity index (χ0) is 17.5. The molecule has 25 heavy (non-hydrogen) atoms. The standard InChI is InChI=1S/C20H24FN3O/c21-18-6-8-19(9-7-18)23-20(25)22-14-17-11-13-24(15-17)12-10-16-4-2-1-3-5-16/h1-9,17H,10-15H2,(H2,22,23,25). The van der Waals surface area contributed by atoms with E-state index >= 15 is 0 Å². The van der Waals surface area contributed by atoms with E-state index in [1.54, 1.807) is 12.1 Å². The fraction of sp³-hybridized carbons (Fsp3) is 0.350. The first-order chi connectivity index (χ1) is 12.2. The molecule has 5 heteroatoms. The summed E-state index contributed by atoms with van der Waals surface area (Å²) in [4.78, 5) is 14.4. The molecule has 1 atom stereocenters. The second kappa shape index (κ2) is 8.62. The van der Waals surface area contributed by atoms with E-state index in [4.69, 9.17) is 0 Å². The van der Waals surface area contributed by atoms with Gasteiger partial charge in [0.05, 0.1) is 0 Å². The van der Waals surface area contributed by atoms with Crippen molar-refractivity contribution in [1.82, 2.24) is 10.2 Å². The number of likely N-dealkylation sites (tertiary alicyclic amines) is 1. The molecule has 2 aromatic carbocycles. The Bertz CT molecular complexity index is 675. The van der Waals surface area contributed by atoms with Gasteiger partial charge in [-0.05, 0) is 55.1 Å². The number of hydrogen-bond acceptors (Lipinski definition) is 2. The Morgan fingerprint density at radius 2 is 1.88 bits per heavy atom. The van der Waals surface area contributed by atoms with Gasteiger partial charge in [-0.2, -0.15) is 0 Å². The zero-order valence-corrected chi connectivity index (χ0v) is 14.2. The molecule has 1 fully saturated rings. The maximum absolute atomic E-state index is 12.9. The highest BCUT2D eigenvalue weighted by Gasteiger charge is 2.22. The van der Waals surface area contributed by atoms with Gasteiger partial charge < -0.3 is 15.5 Å². The lowest BCUT2D eigenvalue weighted by atomic mass is 10.1. The molecule has 2 N–H and O–H groups in total. The summed E-state index contributed by atoms with van der Waals surface area (Å²) in [5.74, 6) is 0.169. The molecule has 0 radical (unpaired) electrons. The molecule has 0 aromatic heterocycles. The molecule has 1 heterocycles. The first kappa shape index (κ1) is 17.4. The van der Waals surface area contributed by atoms with E-state index in [0.717, 1.165) is 32.5 Å². The lowest BCUT2D eigenvalue weighted by Crippen LogP contribution is -2.34. The molecular formula is C20H24FN3O. The molecule has 0 bridgehead atoms. The minimum Gasteiger partial charge on any atom is -0.338 e. The number of benzene rings is 2. The Morgan fingerprint density at radius 3 is 2.64 bits per heavy atom. The van der Waals surface area contributed by atoms with Gasteiger partial charge in [-0.25, -0.2) is 9.18 Å². The predicted octanol–water partition coefficient (Wildman–Crippen LogP) is 3.51. The van der Waals surface area contributed by atoms with Gasteiger partial charge in [0, 0.05) is 25.3 Å². The normalized spacial score (nSPS) is 17.4. The minimum absolute atomic E-state index is 0.241. The average molecular weight is 341 g/mol. The molecule has 3 rings (SSSR count). The van der Waals surface area contributed by atoms with Crippen LogP contribution in [0, 0.1) is 11.7 Å². The quantitative estimate of drug-likeness (QED) is 0.844. The van der Waals surface area contributed by atoms with Crippen molar-refractivity contribution in [3.05, 3.63) is 66.0 Å². The summed E-state index contributed by atoms with van der Waals surface area (Å²) in [5, 5.41) is 5.63. The van der Waals surface area contributed by atoms with E-state index < -0.39 is 0 Å². The number of rotatable bonds is 6. The minimum atomic E-state index is -0.312. The number of amides is 2. The highest BCUT2D eigenvalue weighted by molar-refractivity contribution is 5.89. The number of carbonyl (C=O) groups is 1. The monoisotopic (exact) mass is 341 g/mol. The van der Waals surface area contributed by atoms with Crippen molar-refractivity contribution < 1.29 is 9.18 Å². The molecule has 0 aliphatic carbocycles. The fourth-order valence-corrected chi connectivity index (χ4v) is 3.16. The van der Waals surface area contributed by atoms with Crippen LogP contribution in [0.5, 0.6) is 0 Å². The third-order valence-electron chi connectivity index (χ3n) is 4.58. The molecule has 0 saturated carbocycles. The molecular weight excluding hydrogens is 317 g/mol. The molecule has 2 aromatic rings. The van der Waals surface area contributed by atoms with E-state index in [2.05, 4.69) is 39.8 Å². The smallest absolute Gasteiger partial charge is 0.319 e. The van der Waals surface area contributed by atoms with Crippen molar-refractivity contribution in [2.75, 3.05) is 31.5 Å². The Kier molecular flexibility index (Phi) is 6.01. The van der Waals surface area contributed by atoms with Gasteiger partial charge in [0.25, 0.3) is 0 Å². The summed E-state index contributed by atoms with van der Waals surface area (Å²) < 4.78 is 12.9. The number of nitrogens with one attached hydrogen (secondary N) is 2. The largest absolute Gasteiger partial charge is 0.338 e. The van der Waals surface area contributed by atoms with Crippen LogP contribution >= 0.6 is 0 Å². The van der Waals surface area contributed by atoms with Gasteiger partial charge >= 0.3 is 6.03 Å². The third kappa shape index (κ3) is 5.57. The van der Waals surface area contributed by atoms with Gasteiger partial charge in [0.2, 0.25) is 0 Å². The number of hydrogen-bond donors (Lipinski definition) is 2. The van der Waals surface area contributed by atoms with Crippen LogP contribution in [-0.2, 0) is 6.42 Å². The summed E-state index contributed by atoms with van der Waals surface area (Å²) in [6, 6.07) is 16.0. The topological polar surface area (TPSA) is 44.4 Å². The molecule has 1 aliphatic rings. The van der Waals surface area contributed by atoms with E-state index in [0.29, 0.717) is 18.2 Å². The van der Waals surface area contributed by atoms with E-state index in [1.165, 1.54) is 17.7 Å². The summed E-state index contributed by atoms with van der Waals surface area (Å²) in [5.41, 5.74) is 1.96. The molecule has 0 spiro atoms. The van der Waals surface area contributed by atoms with Crippen LogP contribution in [0.25, 0.3) is 0 Å². The summed E-state index contributed by atoms with van der Waals surface area (Å²) >= 11 is 0. The van der Waals surface area contributed by atoms with Crippen LogP contribution in [0.3, 0.4) is 0 Å². The first-order valence-electron chi connectivity index (χ1n) is 8.76. The van der Waals surface area contributed by atoms with Crippen molar-refractivity contribution in [3.63, 3.8) is 0 Å². The van der Waals surface area contributed by atoms with Gasteiger partial charge in [-0.1, -0.05) is 30.3 Å². The molecule has 1 aliphatic heterocycles. The maximum Gasteiger partial charge on any atom is 0.319 e. The van der Waals surface area contributed by atoms with Gasteiger partial charge in [0.15, 0.2) is 0 Å². The van der Waals surface area contributed by atoms with Crippen LogP contribution < -0.4 is 10.6 Å². The van der Waals surface area contributed by atoms with E-state index in [-0.39, 0.29) is 11.8 Å². The Balaban J connectivity index is 1.35. The highest BCUT2D eigenvalue weighted by Crippen LogP contribution is 2.16. The lowest BCUT2D eigenvalue weighted by molar-refractivity contribution is 0.249. The van der Waals surface area contributed by atoms with Gasteiger partial charge in [-0.15, -0.1) is 0 Å². The SMILES string of the molecule is O=C(NCC1CCN(CCc2ccccc2)C1)Nc1ccc(F)cc1. The number of carbonyl (C=O) groups excluding carboxylic acids is 1. The lowest BCUT2D eigenvalue weighted by Gasteiger charge is -2.16. The highest BCUT2D eigenvalue weighted by atomic mass is 19.1. The molecule has 2 amide bonds. The van der Waals surface area contributed by atoms with Crippen LogP contribution in [0.15, 0.2) is 54.6 Å². The van der Waals surface area contributed by atoms with Crippen molar-refractivity contribution in [1.29, 1.82) is 0 Å². The van der Waals surface area contributed by atoms with Crippen molar-refractivity contribution >= 4 is 11.7 Å². The summed E-state index contributed by atoms with van der Waals surface area (Å²) in [6.45, 7) is 3.82. The Morgan fingerprint density at radius 1 is 1.12 bits per heavy atom. The van der Waals surface area contributed by atoms with Crippen molar-refractivity contribution in [2.24, 2.45) is 5.92 Å². The number of urea groups is 1. The summed E-state index contributed by atoms with van der Waals surface area (Å²) in [6.07, 6.45) is 2.16. The van der Waals surface area contributed by atoms with E-state index in [9.17, 15) is 9.18 Å². The number of halogens is 1. The molecule has 4 nitrogen and oxygen atoms in total. The predicted molar refractivity (Wildman–Crippen MR) is 98.1 cm³/mol. The second-order valence-corrected chi connectivity index (χ2v) is 6.53. The van der Waals surface area contributed by atoms with E-state index in [1.807, 2.05) is 6.07 Å². The van der Waals surface area contributed by atoms with Crippen LogP contribution in [0.1, 0.15) is 12.0 Å². The first-order valence-corrected chi connectivity index (χ1v) is 8.76. The van der Waals surface area contributed by atoms with Crippen molar-refractivity contribution in [3.8, 4) is 0 Å². The van der Waals surface area contributed by atoms with Crippen LogP contribution in [0.4, 0.5) is 14.9 Å². The van der Waals surface area contributed by atoms with Gasteiger partial charge in [0.1, 0.15) is 5.82 Å². The average Bonchev–Trinajstić information content (AvgIpc) is 3.09. The number of nitrogens with zero attached hydrogens (tertiary/aromatic N) is 1. The van der Waals surface area contributed by atoms with Crippen LogP contribution in [-0.4, -0.2) is 37.1 Å². The molecule has 1 saturated heterocycles. The van der Waals surface area contributed by atoms with Crippen LogP contribution in [0.2, 0.25) is 0 Å². The van der Waals surface area contributed by atoms with Gasteiger partial charge in [-0.3, -0.25) is 0 Å². The molecule has 1 unspecified atom stereocenters. The molecule has 132 valence electrons. The third-order valence-corrected chi connectivity index (χ3v) is 4.58. The Labute approximate surface area is 148 Å². The Hall–Kier alpha value is -2.40. The van der Waals surface area contributed by atoms with Crippen molar-refractivity contribution in [2.45, 2.75) is 12.8 Å². The summed E-state index contributed by atoms with van der Waals surface area (Å²) in [7, 11) is 0. The maximum atomic E-state index is 12.9.